The predicted molar refractivity (Wildman–Crippen MR) is 226 cm³/mol. The van der Waals surface area contributed by atoms with E-state index in [4.69, 9.17) is 16.2 Å². The van der Waals surface area contributed by atoms with Gasteiger partial charge in [0, 0.05) is 88.3 Å². The molecule has 2 bridgehead atoms. The number of ether oxygens (including phenoxy) is 1. The van der Waals surface area contributed by atoms with Crippen LogP contribution >= 0.6 is 0 Å². The Balaban J connectivity index is 0.0000137. The molecule has 1 fully saturated rings. The maximum absolute atomic E-state index is 14.1. The minimum absolute atomic E-state index is 0. The summed E-state index contributed by atoms with van der Waals surface area (Å²) < 4.78 is 5.85. The Bertz CT molecular complexity index is 1660. The van der Waals surface area contributed by atoms with E-state index in [1.54, 1.807) is 39.5 Å². The molecular formula is C40H65CuN11O11. The van der Waals surface area contributed by atoms with Gasteiger partial charge in [0.1, 0.15) is 17.8 Å². The molecule has 0 unspecified atom stereocenters. The number of nitrogens with two attached hydrogens (primary N) is 2. The van der Waals surface area contributed by atoms with Crippen molar-refractivity contribution in [3.05, 3.63) is 29.8 Å². The molecule has 4 rings (SSSR count). The van der Waals surface area contributed by atoms with Crippen LogP contribution in [-0.2, 0) is 57.1 Å². The Kier molecular flexibility index (Phi) is 24.5. The van der Waals surface area contributed by atoms with Crippen LogP contribution in [0.1, 0.15) is 51.5 Å². The van der Waals surface area contributed by atoms with Crippen LogP contribution in [-0.4, -0.2) is 175 Å². The van der Waals surface area contributed by atoms with Crippen molar-refractivity contribution in [2.75, 3.05) is 85.1 Å². The maximum Gasteiger partial charge on any atom is 0.317 e. The van der Waals surface area contributed by atoms with Crippen LogP contribution in [0.4, 0.5) is 0 Å². The first-order chi connectivity index (χ1) is 29.5. The number of carboxylic acid groups (broad SMARTS) is 2. The zero-order valence-electron chi connectivity index (χ0n) is 36.0. The number of hydrogen-bond donors (Lipinski definition) is 10. The summed E-state index contributed by atoms with van der Waals surface area (Å²) in [5.74, 6) is -6.33. The van der Waals surface area contributed by atoms with E-state index < -0.39 is 59.5 Å². The number of fused-ring (bicyclic) bond motifs is 11. The molecule has 23 heteroatoms. The van der Waals surface area contributed by atoms with Crippen LogP contribution in [0.3, 0.4) is 0 Å². The number of hydrogen-bond acceptors (Lipinski definition) is 13. The molecule has 12 N–H and O–H groups in total. The van der Waals surface area contributed by atoms with Crippen molar-refractivity contribution in [2.45, 2.75) is 64.5 Å². The Morgan fingerprint density at radius 2 is 1.44 bits per heavy atom. The van der Waals surface area contributed by atoms with Gasteiger partial charge in [-0.2, -0.15) is 0 Å². The van der Waals surface area contributed by atoms with E-state index in [-0.39, 0.29) is 106 Å². The number of carboxylic acids is 2. The SMILES string of the molecule is CC(C)C[C@H]1C(=O)N[C@H](C(=O)N[C@@H](CCCN=C(N)N)C(=O)NCCNC(=O)CN2CCN(CC(=O)O)CCN(CC(=O)O)CC2)Cc2ccc(cc2)OCCC[C@@H]1C(=O)NO.[Cu]. The minimum atomic E-state index is -1.18. The van der Waals surface area contributed by atoms with Gasteiger partial charge in [-0.3, -0.25) is 58.5 Å². The average molecular weight is 940 g/mol. The summed E-state index contributed by atoms with van der Waals surface area (Å²) in [4.78, 5) is 99.6. The van der Waals surface area contributed by atoms with Gasteiger partial charge >= 0.3 is 11.9 Å². The van der Waals surface area contributed by atoms with Crippen LogP contribution in [0.25, 0.3) is 0 Å². The molecule has 1 saturated heterocycles. The van der Waals surface area contributed by atoms with Gasteiger partial charge in [0.15, 0.2) is 5.96 Å². The number of carbonyl (C=O) groups is 7. The Morgan fingerprint density at radius 3 is 1.98 bits per heavy atom. The van der Waals surface area contributed by atoms with Gasteiger partial charge in [-0.1, -0.05) is 26.0 Å². The third kappa shape index (κ3) is 20.8. The van der Waals surface area contributed by atoms with Gasteiger partial charge in [-0.05, 0) is 55.7 Å². The van der Waals surface area contributed by atoms with Crippen LogP contribution in [0, 0.1) is 17.8 Å². The summed E-state index contributed by atoms with van der Waals surface area (Å²) in [6.07, 6.45) is 1.36. The summed E-state index contributed by atoms with van der Waals surface area (Å²) in [7, 11) is 0. The number of rotatable bonds is 19. The smallest absolute Gasteiger partial charge is 0.317 e. The van der Waals surface area contributed by atoms with Gasteiger partial charge in [0.05, 0.1) is 32.2 Å². The van der Waals surface area contributed by atoms with Crippen LogP contribution < -0.4 is 43.0 Å². The van der Waals surface area contributed by atoms with Gasteiger partial charge in [-0.15, -0.1) is 0 Å². The van der Waals surface area contributed by atoms with Crippen molar-refractivity contribution in [1.29, 1.82) is 0 Å². The monoisotopic (exact) mass is 938 g/mol. The molecule has 63 heavy (non-hydrogen) atoms. The molecule has 0 aromatic heterocycles. The molecule has 0 spiro atoms. The summed E-state index contributed by atoms with van der Waals surface area (Å²) in [6.45, 7) is 5.94. The number of carbonyl (C=O) groups excluding carboxylic acids is 5. The molecule has 357 valence electrons. The fraction of sp³-hybridized carbons (Fsp3) is 0.650. The Hall–Kier alpha value is -5.06. The van der Waals surface area contributed by atoms with Crippen LogP contribution in [0.2, 0.25) is 0 Å². The van der Waals surface area contributed by atoms with Crippen molar-refractivity contribution in [1.82, 2.24) is 41.4 Å². The molecule has 0 saturated carbocycles. The van der Waals surface area contributed by atoms with Crippen LogP contribution in [0.15, 0.2) is 29.3 Å². The first kappa shape index (κ1) is 54.1. The molecule has 22 nitrogen and oxygen atoms in total. The second-order valence-electron chi connectivity index (χ2n) is 16.0. The number of hydroxylamine groups is 1. The number of benzene rings is 1. The largest absolute Gasteiger partial charge is 0.494 e. The van der Waals surface area contributed by atoms with Crippen molar-refractivity contribution in [3.63, 3.8) is 0 Å². The molecule has 1 aromatic rings. The molecule has 1 radical (unpaired) electrons. The number of guanidine groups is 1. The number of nitrogens with one attached hydrogen (secondary N) is 5. The van der Waals surface area contributed by atoms with Crippen molar-refractivity contribution < 1.29 is 70.8 Å². The van der Waals surface area contributed by atoms with E-state index in [0.717, 1.165) is 0 Å². The third-order valence-corrected chi connectivity index (χ3v) is 10.5. The van der Waals surface area contributed by atoms with Crippen molar-refractivity contribution >= 4 is 47.4 Å². The first-order valence-corrected chi connectivity index (χ1v) is 21.0. The van der Waals surface area contributed by atoms with Crippen molar-refractivity contribution in [3.8, 4) is 5.75 Å². The summed E-state index contributed by atoms with van der Waals surface area (Å²) in [5.41, 5.74) is 13.3. The average Bonchev–Trinajstić information content (AvgIpc) is 3.29. The number of nitrogens with zero attached hydrogens (tertiary/aromatic N) is 4. The van der Waals surface area contributed by atoms with Gasteiger partial charge < -0.3 is 47.7 Å². The number of amides is 5. The minimum Gasteiger partial charge on any atom is -0.494 e. The molecule has 4 atom stereocenters. The van der Waals surface area contributed by atoms with Crippen LogP contribution in [0.5, 0.6) is 5.75 Å². The molecule has 3 heterocycles. The zero-order chi connectivity index (χ0) is 45.6. The molecule has 3 aliphatic rings. The predicted octanol–water partition coefficient (Wildman–Crippen LogP) is -2.47. The molecule has 0 aliphatic carbocycles. The quantitative estimate of drug-likeness (QED) is 0.0172. The second-order valence-corrected chi connectivity index (χ2v) is 16.0. The normalized spacial score (nSPS) is 19.8. The van der Waals surface area contributed by atoms with E-state index >= 15 is 0 Å². The van der Waals surface area contributed by atoms with E-state index in [0.29, 0.717) is 63.4 Å². The second kappa shape index (κ2) is 28.6. The Morgan fingerprint density at radius 1 is 0.873 bits per heavy atom. The fourth-order valence-corrected chi connectivity index (χ4v) is 7.35. The van der Waals surface area contributed by atoms with E-state index in [9.17, 15) is 49.0 Å². The third-order valence-electron chi connectivity index (χ3n) is 10.5. The Labute approximate surface area is 378 Å². The van der Waals surface area contributed by atoms with E-state index in [2.05, 4.69) is 26.3 Å². The fourth-order valence-electron chi connectivity index (χ4n) is 7.35. The first-order valence-electron chi connectivity index (χ1n) is 21.0. The van der Waals surface area contributed by atoms with Gasteiger partial charge in [0.2, 0.25) is 29.5 Å². The molecule has 1 aromatic carbocycles. The molecule has 3 aliphatic heterocycles. The van der Waals surface area contributed by atoms with E-state index in [1.807, 2.05) is 18.7 Å². The summed E-state index contributed by atoms with van der Waals surface area (Å²) in [6, 6.07) is 4.72. The zero-order valence-corrected chi connectivity index (χ0v) is 36.9. The number of aliphatic imine (C=N–C) groups is 1. The topological polar surface area (TPSA) is 324 Å². The molecular weight excluding hydrogens is 874 g/mol. The van der Waals surface area contributed by atoms with Gasteiger partial charge in [-0.25, -0.2) is 5.48 Å². The maximum atomic E-state index is 14.1. The summed E-state index contributed by atoms with van der Waals surface area (Å²) in [5, 5.41) is 39.3. The molecule has 5 amide bonds. The van der Waals surface area contributed by atoms with E-state index in [1.165, 1.54) is 0 Å². The standard InChI is InChI=1S/C40H65N11O11.Cu/c1-26(2)21-30-29(37(58)48-61)5-4-20-62-28-9-7-27(8-10-28)22-32(47-36(30)57)39(60)46-31(6-3-11-45-40(41)42)38(59)44-13-12-43-33(52)23-49-14-16-50(24-34(53)54)18-19-51(17-15-49)25-35(55)56;/h7-10,26,29-32,61H,3-6,11-25H2,1-2H3,(H,43,52)(H,44,59)(H,46,60)(H,47,57)(H,48,58)(H,53,54)(H,55,56)(H4,41,42,45);/t29-,30+,31-,32-;/m0./s1. The van der Waals surface area contributed by atoms with Gasteiger partial charge in [0.25, 0.3) is 0 Å². The number of aliphatic carboxylic acids is 2. The summed E-state index contributed by atoms with van der Waals surface area (Å²) >= 11 is 0. The van der Waals surface area contributed by atoms with Crippen molar-refractivity contribution in [2.24, 2.45) is 34.2 Å².